The minimum absolute atomic E-state index is 0.129. The molecule has 0 N–H and O–H groups in total. The van der Waals surface area contributed by atoms with E-state index in [1.807, 2.05) is 47.4 Å². The van der Waals surface area contributed by atoms with Gasteiger partial charge in [0.1, 0.15) is 5.75 Å². The Balaban J connectivity index is 1.60. The van der Waals surface area contributed by atoms with Crippen molar-refractivity contribution in [2.75, 3.05) is 47.6 Å². The van der Waals surface area contributed by atoms with Crippen molar-refractivity contribution in [2.45, 2.75) is 32.2 Å². The van der Waals surface area contributed by atoms with Crippen molar-refractivity contribution in [3.8, 4) is 17.2 Å². The van der Waals surface area contributed by atoms with Gasteiger partial charge in [-0.25, -0.2) is 5.01 Å². The molecule has 1 amide bonds. The first-order chi connectivity index (χ1) is 18.0. The zero-order chi connectivity index (χ0) is 26.4. The highest BCUT2D eigenvalue weighted by Crippen LogP contribution is 2.39. The highest BCUT2D eigenvalue weighted by molar-refractivity contribution is 6.03. The van der Waals surface area contributed by atoms with Gasteiger partial charge in [0.05, 0.1) is 52.2 Å². The summed E-state index contributed by atoms with van der Waals surface area (Å²) >= 11 is 0. The summed E-state index contributed by atoms with van der Waals surface area (Å²) in [6.45, 7) is 3.59. The van der Waals surface area contributed by atoms with Crippen LogP contribution in [0.15, 0.2) is 47.6 Å². The minimum Gasteiger partial charge on any atom is -0.496 e. The molecular formula is C28H35N3O6. The number of nitrogens with zero attached hydrogens (tertiary/aromatic N) is 3. The van der Waals surface area contributed by atoms with Gasteiger partial charge in [0.2, 0.25) is 0 Å². The van der Waals surface area contributed by atoms with Crippen molar-refractivity contribution < 1.29 is 28.5 Å². The Morgan fingerprint density at radius 1 is 1.00 bits per heavy atom. The van der Waals surface area contributed by atoms with Crippen molar-refractivity contribution in [1.82, 2.24) is 9.91 Å². The molecule has 2 aliphatic rings. The third kappa shape index (κ3) is 5.88. The zero-order valence-electron chi connectivity index (χ0n) is 21.9. The molecule has 0 saturated carbocycles. The lowest BCUT2D eigenvalue weighted by molar-refractivity contribution is -0.150. The van der Waals surface area contributed by atoms with Crippen LogP contribution in [0, 0.1) is 5.92 Å². The first-order valence-corrected chi connectivity index (χ1v) is 12.6. The summed E-state index contributed by atoms with van der Waals surface area (Å²) in [5, 5.41) is 6.37. The van der Waals surface area contributed by atoms with Crippen LogP contribution >= 0.6 is 0 Å². The lowest BCUT2D eigenvalue weighted by atomic mass is 9.97. The van der Waals surface area contributed by atoms with Crippen LogP contribution in [0.25, 0.3) is 0 Å². The summed E-state index contributed by atoms with van der Waals surface area (Å²) in [4.78, 5) is 28.0. The average Bonchev–Trinajstić information content (AvgIpc) is 3.38. The number of hydrazone groups is 1. The highest BCUT2D eigenvalue weighted by Gasteiger charge is 2.36. The summed E-state index contributed by atoms with van der Waals surface area (Å²) in [5.41, 5.74) is 2.52. The molecule has 37 heavy (non-hydrogen) atoms. The molecule has 1 fully saturated rings. The number of likely N-dealkylation sites (tertiary alicyclic amines) is 1. The normalized spacial score (nSPS) is 19.8. The highest BCUT2D eigenvalue weighted by atomic mass is 16.5. The Morgan fingerprint density at radius 3 is 2.49 bits per heavy atom. The van der Waals surface area contributed by atoms with E-state index in [1.165, 1.54) is 0 Å². The van der Waals surface area contributed by atoms with Crippen molar-refractivity contribution >= 4 is 17.6 Å². The molecule has 2 atom stereocenters. The number of benzene rings is 2. The van der Waals surface area contributed by atoms with Crippen molar-refractivity contribution in [2.24, 2.45) is 11.0 Å². The molecule has 0 unspecified atom stereocenters. The van der Waals surface area contributed by atoms with Gasteiger partial charge in [-0.3, -0.25) is 14.5 Å². The van der Waals surface area contributed by atoms with E-state index in [4.69, 9.17) is 24.0 Å². The minimum atomic E-state index is -0.322. The summed E-state index contributed by atoms with van der Waals surface area (Å²) in [6, 6.07) is 13.0. The van der Waals surface area contributed by atoms with E-state index in [9.17, 15) is 9.59 Å². The molecule has 198 valence electrons. The summed E-state index contributed by atoms with van der Waals surface area (Å²) in [5.74, 6) is 1.39. The zero-order valence-corrected chi connectivity index (χ0v) is 21.9. The second kappa shape index (κ2) is 12.1. The molecule has 9 heteroatoms. The van der Waals surface area contributed by atoms with Gasteiger partial charge in [-0.05, 0) is 50.6 Å². The smallest absolute Gasteiger partial charge is 0.310 e. The van der Waals surface area contributed by atoms with Gasteiger partial charge in [-0.15, -0.1) is 0 Å². The van der Waals surface area contributed by atoms with E-state index in [0.29, 0.717) is 36.8 Å². The second-order valence-electron chi connectivity index (χ2n) is 9.14. The number of esters is 1. The quantitative estimate of drug-likeness (QED) is 0.477. The third-order valence-electron chi connectivity index (χ3n) is 6.86. The molecule has 2 heterocycles. The van der Waals surface area contributed by atoms with Gasteiger partial charge in [0, 0.05) is 24.1 Å². The molecule has 0 aliphatic carbocycles. The molecule has 2 aromatic rings. The Labute approximate surface area is 217 Å². The van der Waals surface area contributed by atoms with E-state index in [-0.39, 0.29) is 30.4 Å². The van der Waals surface area contributed by atoms with Gasteiger partial charge in [0.25, 0.3) is 5.91 Å². The number of rotatable bonds is 9. The molecule has 2 aromatic carbocycles. The Kier molecular flexibility index (Phi) is 8.66. The first kappa shape index (κ1) is 26.5. The standard InChI is InChI=1S/C28H35N3O6/c1-5-37-28(33)20-9-8-14-30(17-20)18-27(32)31-23(21-10-6-7-11-24(21)34-2)16-22(29-31)19-12-13-25(35-3)26(15-19)36-4/h6-7,10-13,15,20,23H,5,8-9,14,16-18H2,1-4H3/t20-,23-/m0/s1. The Bertz CT molecular complexity index is 1150. The fourth-order valence-corrected chi connectivity index (χ4v) is 5.03. The van der Waals surface area contributed by atoms with Crippen LogP contribution in [0.2, 0.25) is 0 Å². The van der Waals surface area contributed by atoms with Crippen LogP contribution in [-0.4, -0.2) is 75.1 Å². The lowest BCUT2D eigenvalue weighted by Gasteiger charge is -2.32. The second-order valence-corrected chi connectivity index (χ2v) is 9.14. The van der Waals surface area contributed by atoms with Crippen LogP contribution in [0.5, 0.6) is 17.2 Å². The number of hydrogen-bond acceptors (Lipinski definition) is 8. The SMILES string of the molecule is CCOC(=O)[C@H]1CCCN(CC(=O)N2N=C(c3ccc(OC)c(OC)c3)C[C@H]2c2ccccc2OC)C1. The molecule has 0 aromatic heterocycles. The number of piperidine rings is 1. The van der Waals surface area contributed by atoms with Crippen LogP contribution in [-0.2, 0) is 14.3 Å². The maximum Gasteiger partial charge on any atom is 0.310 e. The molecule has 1 saturated heterocycles. The largest absolute Gasteiger partial charge is 0.496 e. The fourth-order valence-electron chi connectivity index (χ4n) is 5.03. The first-order valence-electron chi connectivity index (χ1n) is 12.6. The fraction of sp³-hybridized carbons (Fsp3) is 0.464. The monoisotopic (exact) mass is 509 g/mol. The van der Waals surface area contributed by atoms with Gasteiger partial charge < -0.3 is 18.9 Å². The molecule has 4 rings (SSSR count). The van der Waals surface area contributed by atoms with Gasteiger partial charge in [0.15, 0.2) is 11.5 Å². The van der Waals surface area contributed by atoms with Gasteiger partial charge in [-0.2, -0.15) is 5.10 Å². The van der Waals surface area contributed by atoms with Gasteiger partial charge >= 0.3 is 5.97 Å². The maximum atomic E-state index is 13.7. The van der Waals surface area contributed by atoms with Crippen molar-refractivity contribution in [3.05, 3.63) is 53.6 Å². The van der Waals surface area contributed by atoms with E-state index >= 15 is 0 Å². The summed E-state index contributed by atoms with van der Waals surface area (Å²) < 4.78 is 21.7. The van der Waals surface area contributed by atoms with Crippen LogP contribution in [0.4, 0.5) is 0 Å². The average molecular weight is 510 g/mol. The Hall–Kier alpha value is -3.59. The van der Waals surface area contributed by atoms with E-state index < -0.39 is 0 Å². The number of carbonyl (C=O) groups is 2. The van der Waals surface area contributed by atoms with Gasteiger partial charge in [-0.1, -0.05) is 18.2 Å². The Morgan fingerprint density at radius 2 is 1.76 bits per heavy atom. The molecule has 0 bridgehead atoms. The summed E-state index contributed by atoms with van der Waals surface area (Å²) in [7, 11) is 4.81. The predicted molar refractivity (Wildman–Crippen MR) is 139 cm³/mol. The third-order valence-corrected chi connectivity index (χ3v) is 6.86. The van der Waals surface area contributed by atoms with Crippen LogP contribution in [0.3, 0.4) is 0 Å². The topological polar surface area (TPSA) is 89.9 Å². The molecular weight excluding hydrogens is 474 g/mol. The summed E-state index contributed by atoms with van der Waals surface area (Å²) in [6.07, 6.45) is 2.14. The molecule has 9 nitrogen and oxygen atoms in total. The van der Waals surface area contributed by atoms with Crippen molar-refractivity contribution in [1.29, 1.82) is 0 Å². The van der Waals surface area contributed by atoms with Crippen LogP contribution < -0.4 is 14.2 Å². The van der Waals surface area contributed by atoms with E-state index in [1.54, 1.807) is 33.3 Å². The van der Waals surface area contributed by atoms with E-state index in [2.05, 4.69) is 0 Å². The number of amides is 1. The predicted octanol–water partition coefficient (Wildman–Crippen LogP) is 3.67. The molecule has 0 radical (unpaired) electrons. The molecule has 2 aliphatic heterocycles. The van der Waals surface area contributed by atoms with Crippen LogP contribution in [0.1, 0.15) is 43.4 Å². The number of para-hydroxylation sites is 1. The lowest BCUT2D eigenvalue weighted by Crippen LogP contribution is -2.44. The number of ether oxygens (including phenoxy) is 4. The number of carbonyl (C=O) groups excluding carboxylic acids is 2. The van der Waals surface area contributed by atoms with Crippen molar-refractivity contribution in [3.63, 3.8) is 0 Å². The number of hydrogen-bond donors (Lipinski definition) is 0. The molecule has 0 spiro atoms. The maximum absolute atomic E-state index is 13.7. The number of methoxy groups -OCH3 is 3. The van der Waals surface area contributed by atoms with E-state index in [0.717, 1.165) is 36.2 Å².